The van der Waals surface area contributed by atoms with Gasteiger partial charge in [-0.2, -0.15) is 5.26 Å². The van der Waals surface area contributed by atoms with Gasteiger partial charge in [-0.25, -0.2) is 0 Å². The predicted octanol–water partition coefficient (Wildman–Crippen LogP) is 5.24. The summed E-state index contributed by atoms with van der Waals surface area (Å²) in [6.45, 7) is 0.552. The summed E-state index contributed by atoms with van der Waals surface area (Å²) < 4.78 is 0.833. The second kappa shape index (κ2) is 6.29. The van der Waals surface area contributed by atoms with Crippen molar-refractivity contribution >= 4 is 44.8 Å². The second-order valence-corrected chi connectivity index (χ2v) is 5.64. The van der Waals surface area contributed by atoms with Gasteiger partial charge in [0.25, 0.3) is 0 Å². The maximum Gasteiger partial charge on any atom is 0.0991 e. The molecule has 0 amide bonds. The molecule has 2 aromatic carbocycles. The van der Waals surface area contributed by atoms with E-state index in [2.05, 4.69) is 27.3 Å². The number of halogens is 3. The van der Waals surface area contributed by atoms with E-state index in [1.807, 2.05) is 18.2 Å². The molecule has 0 spiro atoms. The average Bonchev–Trinajstić information content (AvgIpc) is 2.37. The smallest absolute Gasteiger partial charge is 0.0991 e. The molecule has 2 nitrogen and oxygen atoms in total. The fraction of sp³-hybridized carbons (Fsp3) is 0.0714. The van der Waals surface area contributed by atoms with Crippen LogP contribution in [0.4, 0.5) is 5.69 Å². The lowest BCUT2D eigenvalue weighted by Crippen LogP contribution is -2.01. The van der Waals surface area contributed by atoms with Crippen molar-refractivity contribution in [3.05, 3.63) is 62.0 Å². The molecule has 1 N–H and O–H groups in total. The van der Waals surface area contributed by atoms with E-state index in [-0.39, 0.29) is 0 Å². The molecule has 0 atom stereocenters. The van der Waals surface area contributed by atoms with Crippen molar-refractivity contribution < 1.29 is 0 Å². The molecule has 5 heteroatoms. The van der Waals surface area contributed by atoms with Crippen LogP contribution in [0.5, 0.6) is 0 Å². The van der Waals surface area contributed by atoms with Crippen LogP contribution in [-0.4, -0.2) is 0 Å². The summed E-state index contributed by atoms with van der Waals surface area (Å²) >= 11 is 15.6. The van der Waals surface area contributed by atoms with Crippen molar-refractivity contribution in [3.8, 4) is 6.07 Å². The van der Waals surface area contributed by atoms with Gasteiger partial charge >= 0.3 is 0 Å². The monoisotopic (exact) mass is 354 g/mol. The Bertz CT molecular complexity index is 627. The van der Waals surface area contributed by atoms with Crippen molar-refractivity contribution in [2.24, 2.45) is 0 Å². The third-order valence-electron chi connectivity index (χ3n) is 2.53. The van der Waals surface area contributed by atoms with E-state index in [4.69, 9.17) is 28.5 Å². The molecule has 0 aliphatic rings. The zero-order valence-electron chi connectivity index (χ0n) is 9.75. The second-order valence-electron chi connectivity index (χ2n) is 3.91. The van der Waals surface area contributed by atoms with Crippen LogP contribution in [0.25, 0.3) is 0 Å². The average molecular weight is 356 g/mol. The standard InChI is InChI=1S/C14H9BrCl2N2/c15-11-5-12(16)14(13(17)6-11)19-8-10-3-1-2-9(4-10)7-18/h1-6,19H,8H2. The molecule has 2 rings (SSSR count). The van der Waals surface area contributed by atoms with Gasteiger partial charge in [-0.15, -0.1) is 0 Å². The number of rotatable bonds is 3. The summed E-state index contributed by atoms with van der Waals surface area (Å²) in [5.74, 6) is 0. The normalized spacial score (nSPS) is 10.0. The molecule has 0 radical (unpaired) electrons. The Balaban J connectivity index is 2.17. The van der Waals surface area contributed by atoms with Crippen LogP contribution in [0.3, 0.4) is 0 Å². The van der Waals surface area contributed by atoms with Crippen molar-refractivity contribution in [1.29, 1.82) is 5.26 Å². The summed E-state index contributed by atoms with van der Waals surface area (Å²) in [6, 6.07) is 13.0. The summed E-state index contributed by atoms with van der Waals surface area (Å²) in [5.41, 5.74) is 2.32. The minimum Gasteiger partial charge on any atom is -0.379 e. The highest BCUT2D eigenvalue weighted by atomic mass is 79.9. The van der Waals surface area contributed by atoms with E-state index in [9.17, 15) is 0 Å². The van der Waals surface area contributed by atoms with E-state index >= 15 is 0 Å². The molecule has 0 aliphatic carbocycles. The van der Waals surface area contributed by atoms with Gasteiger partial charge in [-0.3, -0.25) is 0 Å². The molecule has 0 aliphatic heterocycles. The maximum atomic E-state index is 8.85. The van der Waals surface area contributed by atoms with Gasteiger partial charge in [0.15, 0.2) is 0 Å². The van der Waals surface area contributed by atoms with Gasteiger partial charge in [0, 0.05) is 11.0 Å². The maximum absolute atomic E-state index is 8.85. The first kappa shape index (κ1) is 14.2. The molecule has 96 valence electrons. The van der Waals surface area contributed by atoms with Crippen LogP contribution in [0, 0.1) is 11.3 Å². The fourth-order valence-electron chi connectivity index (χ4n) is 1.65. The fourth-order valence-corrected chi connectivity index (χ4v) is 2.99. The molecule has 2 aromatic rings. The van der Waals surface area contributed by atoms with Crippen LogP contribution in [0.2, 0.25) is 10.0 Å². The van der Waals surface area contributed by atoms with E-state index in [1.54, 1.807) is 18.2 Å². The number of benzene rings is 2. The molecular weight excluding hydrogens is 347 g/mol. The summed E-state index contributed by atoms with van der Waals surface area (Å²) in [7, 11) is 0. The third-order valence-corrected chi connectivity index (χ3v) is 3.59. The van der Waals surface area contributed by atoms with Gasteiger partial charge in [0.2, 0.25) is 0 Å². The first-order chi connectivity index (χ1) is 9.10. The lowest BCUT2D eigenvalue weighted by atomic mass is 10.1. The first-order valence-electron chi connectivity index (χ1n) is 5.47. The van der Waals surface area contributed by atoms with Crippen molar-refractivity contribution in [2.45, 2.75) is 6.54 Å². The largest absolute Gasteiger partial charge is 0.379 e. The van der Waals surface area contributed by atoms with E-state index in [0.717, 1.165) is 10.0 Å². The number of nitrogens with one attached hydrogen (secondary N) is 1. The molecule has 0 bridgehead atoms. The van der Waals surface area contributed by atoms with Crippen molar-refractivity contribution in [2.75, 3.05) is 5.32 Å². The van der Waals surface area contributed by atoms with Crippen LogP contribution >= 0.6 is 39.1 Å². The minimum absolute atomic E-state index is 0.552. The number of nitriles is 1. The van der Waals surface area contributed by atoms with E-state index in [0.29, 0.717) is 27.8 Å². The first-order valence-corrected chi connectivity index (χ1v) is 7.02. The van der Waals surface area contributed by atoms with Crippen LogP contribution in [0.1, 0.15) is 11.1 Å². The molecule has 0 aromatic heterocycles. The predicted molar refractivity (Wildman–Crippen MR) is 82.6 cm³/mol. The lowest BCUT2D eigenvalue weighted by Gasteiger charge is -2.11. The highest BCUT2D eigenvalue weighted by Crippen LogP contribution is 2.34. The zero-order chi connectivity index (χ0) is 13.8. The molecule has 19 heavy (non-hydrogen) atoms. The quantitative estimate of drug-likeness (QED) is 0.817. The Morgan fingerprint density at radius 1 is 1.16 bits per heavy atom. The van der Waals surface area contributed by atoms with Crippen molar-refractivity contribution in [3.63, 3.8) is 0 Å². The van der Waals surface area contributed by atoms with Crippen LogP contribution in [0.15, 0.2) is 40.9 Å². The summed E-state index contributed by atoms with van der Waals surface area (Å²) in [6.07, 6.45) is 0. The number of hydrogen-bond donors (Lipinski definition) is 1. The Morgan fingerprint density at radius 3 is 2.47 bits per heavy atom. The number of anilines is 1. The Kier molecular flexibility index (Phi) is 4.71. The molecular formula is C14H9BrCl2N2. The molecule has 0 heterocycles. The van der Waals surface area contributed by atoms with Crippen molar-refractivity contribution in [1.82, 2.24) is 0 Å². The van der Waals surface area contributed by atoms with E-state index in [1.165, 1.54) is 0 Å². The molecule has 0 saturated heterocycles. The molecule has 0 saturated carbocycles. The number of hydrogen-bond acceptors (Lipinski definition) is 2. The van der Waals surface area contributed by atoms with Gasteiger partial charge in [-0.1, -0.05) is 51.3 Å². The third kappa shape index (κ3) is 3.63. The topological polar surface area (TPSA) is 35.8 Å². The SMILES string of the molecule is N#Cc1cccc(CNc2c(Cl)cc(Br)cc2Cl)c1. The Hall–Kier alpha value is -1.21. The van der Waals surface area contributed by atoms with E-state index < -0.39 is 0 Å². The number of nitrogens with zero attached hydrogens (tertiary/aromatic N) is 1. The molecule has 0 fully saturated rings. The molecule has 0 unspecified atom stereocenters. The van der Waals surface area contributed by atoms with Gasteiger partial charge < -0.3 is 5.32 Å². The zero-order valence-corrected chi connectivity index (χ0v) is 12.9. The van der Waals surface area contributed by atoms with Crippen LogP contribution < -0.4 is 5.32 Å². The Labute approximate surface area is 130 Å². The van der Waals surface area contributed by atoms with Gasteiger partial charge in [-0.05, 0) is 29.8 Å². The summed E-state index contributed by atoms with van der Waals surface area (Å²) in [4.78, 5) is 0. The highest BCUT2D eigenvalue weighted by molar-refractivity contribution is 9.10. The van der Waals surface area contributed by atoms with Crippen LogP contribution in [-0.2, 0) is 6.54 Å². The minimum atomic E-state index is 0.552. The summed E-state index contributed by atoms with van der Waals surface area (Å²) in [5, 5.41) is 13.1. The lowest BCUT2D eigenvalue weighted by molar-refractivity contribution is 1.15. The van der Waals surface area contributed by atoms with Gasteiger partial charge in [0.05, 0.1) is 27.4 Å². The van der Waals surface area contributed by atoms with Gasteiger partial charge in [0.1, 0.15) is 0 Å². The highest BCUT2D eigenvalue weighted by Gasteiger charge is 2.07. The Morgan fingerprint density at radius 2 is 1.84 bits per heavy atom.